The summed E-state index contributed by atoms with van der Waals surface area (Å²) >= 11 is 0. The molecule has 0 aliphatic carbocycles. The number of rotatable bonds is 2. The lowest BCUT2D eigenvalue weighted by Gasteiger charge is -2.39. The molecule has 2 aliphatic rings. The predicted octanol–water partition coefficient (Wildman–Crippen LogP) is 1.34. The normalized spacial score (nSPS) is 31.1. The molecule has 4 nitrogen and oxygen atoms in total. The zero-order valence-electron chi connectivity index (χ0n) is 10.6. The second kappa shape index (κ2) is 4.78. The SMILES string of the molecule is Cc1cncc(C(=O)C2CC3COCC(C2)N3)c1. The number of fused-ring (bicyclic) bond motifs is 2. The summed E-state index contributed by atoms with van der Waals surface area (Å²) in [4.78, 5) is 16.6. The van der Waals surface area contributed by atoms with E-state index in [4.69, 9.17) is 4.74 Å². The average molecular weight is 246 g/mol. The van der Waals surface area contributed by atoms with Crippen LogP contribution in [-0.4, -0.2) is 36.1 Å². The molecule has 0 spiro atoms. The Kier molecular flexibility index (Phi) is 3.14. The quantitative estimate of drug-likeness (QED) is 0.800. The number of nitrogens with one attached hydrogen (secondary N) is 1. The van der Waals surface area contributed by atoms with Gasteiger partial charge < -0.3 is 10.1 Å². The van der Waals surface area contributed by atoms with Gasteiger partial charge in [-0.2, -0.15) is 0 Å². The Morgan fingerprint density at radius 3 is 2.72 bits per heavy atom. The van der Waals surface area contributed by atoms with Crippen molar-refractivity contribution in [1.82, 2.24) is 10.3 Å². The van der Waals surface area contributed by atoms with Crippen molar-refractivity contribution in [2.75, 3.05) is 13.2 Å². The third-order valence-corrected chi connectivity index (χ3v) is 3.78. The van der Waals surface area contributed by atoms with Crippen LogP contribution >= 0.6 is 0 Å². The van der Waals surface area contributed by atoms with Crippen LogP contribution in [0.4, 0.5) is 0 Å². The van der Waals surface area contributed by atoms with Gasteiger partial charge in [-0.3, -0.25) is 9.78 Å². The molecule has 0 saturated carbocycles. The van der Waals surface area contributed by atoms with E-state index in [1.54, 1.807) is 12.4 Å². The third-order valence-electron chi connectivity index (χ3n) is 3.78. The standard InChI is InChI=1S/C14H18N2O2/c1-9-2-11(6-15-5-9)14(17)10-3-12-7-18-8-13(4-10)16-12/h2,5-6,10,12-13,16H,3-4,7-8H2,1H3. The van der Waals surface area contributed by atoms with Gasteiger partial charge in [0.05, 0.1) is 13.2 Å². The summed E-state index contributed by atoms with van der Waals surface area (Å²) in [6.07, 6.45) is 5.22. The molecule has 0 radical (unpaired) electrons. The van der Waals surface area contributed by atoms with Gasteiger partial charge in [-0.1, -0.05) is 0 Å². The Bertz CT molecular complexity index is 449. The minimum Gasteiger partial charge on any atom is -0.378 e. The van der Waals surface area contributed by atoms with Crippen LogP contribution in [0, 0.1) is 12.8 Å². The summed E-state index contributed by atoms with van der Waals surface area (Å²) in [6.45, 7) is 3.42. The van der Waals surface area contributed by atoms with Crippen LogP contribution in [0.1, 0.15) is 28.8 Å². The molecular formula is C14H18N2O2. The Morgan fingerprint density at radius 2 is 2.06 bits per heavy atom. The number of aromatic nitrogens is 1. The van der Waals surface area contributed by atoms with E-state index >= 15 is 0 Å². The number of carbonyl (C=O) groups excluding carboxylic acids is 1. The van der Waals surface area contributed by atoms with Gasteiger partial charge in [0.25, 0.3) is 0 Å². The first-order valence-corrected chi connectivity index (χ1v) is 6.52. The second-order valence-corrected chi connectivity index (χ2v) is 5.38. The van der Waals surface area contributed by atoms with Gasteiger partial charge in [0.2, 0.25) is 0 Å². The summed E-state index contributed by atoms with van der Waals surface area (Å²) in [5.41, 5.74) is 1.79. The van der Waals surface area contributed by atoms with Crippen LogP contribution in [0.15, 0.2) is 18.5 Å². The highest BCUT2D eigenvalue weighted by Gasteiger charge is 2.35. The maximum Gasteiger partial charge on any atom is 0.167 e. The molecule has 96 valence electrons. The van der Waals surface area contributed by atoms with Gasteiger partial charge in [0.15, 0.2) is 5.78 Å². The number of ether oxygens (including phenoxy) is 1. The van der Waals surface area contributed by atoms with Crippen molar-refractivity contribution in [2.24, 2.45) is 5.92 Å². The molecule has 1 aromatic heterocycles. The summed E-state index contributed by atoms with van der Waals surface area (Å²) < 4.78 is 5.50. The Labute approximate surface area is 107 Å². The number of hydrogen-bond acceptors (Lipinski definition) is 4. The van der Waals surface area contributed by atoms with Crippen molar-refractivity contribution < 1.29 is 9.53 Å². The minimum atomic E-state index is 0.119. The number of hydrogen-bond donors (Lipinski definition) is 1. The van der Waals surface area contributed by atoms with Crippen LogP contribution in [0.2, 0.25) is 0 Å². The van der Waals surface area contributed by atoms with E-state index in [0.717, 1.165) is 37.2 Å². The zero-order chi connectivity index (χ0) is 12.5. The van der Waals surface area contributed by atoms with Crippen molar-refractivity contribution in [2.45, 2.75) is 31.8 Å². The summed E-state index contributed by atoms with van der Waals surface area (Å²) in [5.74, 6) is 0.360. The Balaban J connectivity index is 1.76. The molecule has 3 heterocycles. The molecule has 2 aliphatic heterocycles. The van der Waals surface area contributed by atoms with Crippen molar-refractivity contribution in [3.8, 4) is 0 Å². The lowest BCUT2D eigenvalue weighted by Crippen LogP contribution is -2.55. The van der Waals surface area contributed by atoms with E-state index in [0.29, 0.717) is 12.1 Å². The molecule has 2 saturated heterocycles. The van der Waals surface area contributed by atoms with E-state index in [2.05, 4.69) is 10.3 Å². The Hall–Kier alpha value is -1.26. The summed E-state index contributed by atoms with van der Waals surface area (Å²) in [7, 11) is 0. The summed E-state index contributed by atoms with van der Waals surface area (Å²) in [6, 6.07) is 2.61. The Morgan fingerprint density at radius 1 is 1.33 bits per heavy atom. The number of piperidine rings is 1. The van der Waals surface area contributed by atoms with E-state index in [9.17, 15) is 4.79 Å². The van der Waals surface area contributed by atoms with Crippen LogP contribution in [0.25, 0.3) is 0 Å². The van der Waals surface area contributed by atoms with E-state index in [-0.39, 0.29) is 11.7 Å². The molecule has 1 aromatic rings. The largest absolute Gasteiger partial charge is 0.378 e. The minimum absolute atomic E-state index is 0.119. The van der Waals surface area contributed by atoms with Crippen LogP contribution in [-0.2, 0) is 4.74 Å². The number of aryl methyl sites for hydroxylation is 1. The number of morpholine rings is 1. The van der Waals surface area contributed by atoms with Crippen LogP contribution < -0.4 is 5.32 Å². The summed E-state index contributed by atoms with van der Waals surface area (Å²) in [5, 5.41) is 3.51. The predicted molar refractivity (Wildman–Crippen MR) is 67.6 cm³/mol. The topological polar surface area (TPSA) is 51.2 Å². The highest BCUT2D eigenvalue weighted by molar-refractivity contribution is 5.97. The molecule has 2 bridgehead atoms. The van der Waals surface area contributed by atoms with Crippen molar-refractivity contribution in [3.05, 3.63) is 29.6 Å². The highest BCUT2D eigenvalue weighted by atomic mass is 16.5. The molecule has 18 heavy (non-hydrogen) atoms. The van der Waals surface area contributed by atoms with Crippen LogP contribution in [0.3, 0.4) is 0 Å². The maximum atomic E-state index is 12.5. The molecule has 0 aromatic carbocycles. The molecular weight excluding hydrogens is 228 g/mol. The fourth-order valence-electron chi connectivity index (χ4n) is 2.98. The lowest BCUT2D eigenvalue weighted by atomic mass is 9.82. The molecule has 3 rings (SSSR count). The number of carbonyl (C=O) groups is 1. The highest BCUT2D eigenvalue weighted by Crippen LogP contribution is 2.27. The number of Topliss-reactive ketones (excluding diaryl/α,β-unsaturated/α-hetero) is 1. The average Bonchev–Trinajstić information content (AvgIpc) is 2.37. The second-order valence-electron chi connectivity index (χ2n) is 5.38. The molecule has 2 fully saturated rings. The fourth-order valence-corrected chi connectivity index (χ4v) is 2.98. The first kappa shape index (κ1) is 11.8. The number of nitrogens with zero attached hydrogens (tertiary/aromatic N) is 1. The van der Waals surface area contributed by atoms with Gasteiger partial charge >= 0.3 is 0 Å². The van der Waals surface area contributed by atoms with Crippen molar-refractivity contribution in [3.63, 3.8) is 0 Å². The van der Waals surface area contributed by atoms with Crippen molar-refractivity contribution in [1.29, 1.82) is 0 Å². The first-order chi connectivity index (χ1) is 8.72. The maximum absolute atomic E-state index is 12.5. The smallest absolute Gasteiger partial charge is 0.167 e. The number of pyridine rings is 1. The van der Waals surface area contributed by atoms with E-state index in [1.165, 1.54) is 0 Å². The molecule has 0 amide bonds. The zero-order valence-corrected chi connectivity index (χ0v) is 10.6. The molecule has 2 unspecified atom stereocenters. The van der Waals surface area contributed by atoms with Gasteiger partial charge in [-0.15, -0.1) is 0 Å². The fraction of sp³-hybridized carbons (Fsp3) is 0.571. The van der Waals surface area contributed by atoms with E-state index in [1.807, 2.05) is 13.0 Å². The number of ketones is 1. The third kappa shape index (κ3) is 2.31. The van der Waals surface area contributed by atoms with Crippen molar-refractivity contribution >= 4 is 5.78 Å². The van der Waals surface area contributed by atoms with Gasteiger partial charge in [-0.05, 0) is 31.4 Å². The first-order valence-electron chi connectivity index (χ1n) is 6.52. The van der Waals surface area contributed by atoms with E-state index < -0.39 is 0 Å². The van der Waals surface area contributed by atoms with Gasteiger partial charge in [0, 0.05) is 36.0 Å². The monoisotopic (exact) mass is 246 g/mol. The molecule has 2 atom stereocenters. The van der Waals surface area contributed by atoms with Crippen LogP contribution in [0.5, 0.6) is 0 Å². The van der Waals surface area contributed by atoms with Gasteiger partial charge in [-0.25, -0.2) is 0 Å². The lowest BCUT2D eigenvalue weighted by molar-refractivity contribution is 0.00952. The van der Waals surface area contributed by atoms with Gasteiger partial charge in [0.1, 0.15) is 0 Å². The molecule has 1 N–H and O–H groups in total. The molecule has 4 heteroatoms.